The van der Waals surface area contributed by atoms with Crippen LogP contribution in [-0.2, 0) is 16.0 Å². The second kappa shape index (κ2) is 8.05. The molecule has 0 unspecified atom stereocenters. The molecule has 3 aliphatic heterocycles. The maximum absolute atomic E-state index is 13.1. The van der Waals surface area contributed by atoms with Gasteiger partial charge in [-0.25, -0.2) is 0 Å². The number of likely N-dealkylation sites (N-methyl/N-ethyl adjacent to an activating group) is 1. The van der Waals surface area contributed by atoms with Crippen molar-refractivity contribution in [2.24, 2.45) is 0 Å². The molecule has 3 aliphatic rings. The first-order valence-electron chi connectivity index (χ1n) is 10.9. The van der Waals surface area contributed by atoms with Gasteiger partial charge < -0.3 is 14.5 Å². The van der Waals surface area contributed by atoms with E-state index in [1.165, 1.54) is 5.56 Å². The molecule has 0 aliphatic carbocycles. The third-order valence-electron chi connectivity index (χ3n) is 7.05. The number of pyridine rings is 1. The molecule has 0 bridgehead atoms. The van der Waals surface area contributed by atoms with Crippen molar-refractivity contribution in [1.82, 2.24) is 14.8 Å². The highest BCUT2D eigenvalue weighted by molar-refractivity contribution is 6.03. The minimum absolute atomic E-state index is 0.0606. The van der Waals surface area contributed by atoms with Crippen molar-refractivity contribution in [1.29, 1.82) is 0 Å². The summed E-state index contributed by atoms with van der Waals surface area (Å²) in [6.07, 6.45) is 6.19. The number of carbonyl (C=O) groups is 2. The average Bonchev–Trinajstić information content (AvgIpc) is 3.07. The molecule has 31 heavy (non-hydrogen) atoms. The van der Waals surface area contributed by atoms with E-state index in [1.54, 1.807) is 25.3 Å². The molecule has 2 atom stereocenters. The van der Waals surface area contributed by atoms with Gasteiger partial charge in [0.05, 0.1) is 18.6 Å². The number of methoxy groups -OCH3 is 1. The Balaban J connectivity index is 1.23. The zero-order valence-corrected chi connectivity index (χ0v) is 18.0. The molecule has 0 N–H and O–H groups in total. The lowest BCUT2D eigenvalue weighted by Crippen LogP contribution is -2.60. The summed E-state index contributed by atoms with van der Waals surface area (Å²) in [5.41, 5.74) is 3.72. The van der Waals surface area contributed by atoms with Crippen molar-refractivity contribution >= 4 is 17.5 Å². The van der Waals surface area contributed by atoms with Gasteiger partial charge in [-0.05, 0) is 48.2 Å². The molecule has 5 rings (SSSR count). The van der Waals surface area contributed by atoms with E-state index < -0.39 is 0 Å². The molecule has 1 aromatic carbocycles. The number of anilines is 1. The van der Waals surface area contributed by atoms with Gasteiger partial charge in [0, 0.05) is 63.5 Å². The number of benzene rings is 1. The lowest BCUT2D eigenvalue weighted by atomic mass is 9.87. The van der Waals surface area contributed by atoms with Gasteiger partial charge in [-0.1, -0.05) is 6.07 Å². The number of ether oxygens (including phenoxy) is 1. The van der Waals surface area contributed by atoms with E-state index in [0.29, 0.717) is 18.0 Å². The maximum Gasteiger partial charge on any atom is 0.253 e. The topological polar surface area (TPSA) is 66.0 Å². The predicted octanol–water partition coefficient (Wildman–Crippen LogP) is 2.28. The quantitative estimate of drug-likeness (QED) is 0.759. The number of hydrogen-bond donors (Lipinski definition) is 0. The largest absolute Gasteiger partial charge is 0.378 e. The average molecular weight is 421 g/mol. The summed E-state index contributed by atoms with van der Waals surface area (Å²) in [7, 11) is 3.55. The Labute approximate surface area is 182 Å². The van der Waals surface area contributed by atoms with Gasteiger partial charge >= 0.3 is 0 Å². The molecule has 0 radical (unpaired) electrons. The summed E-state index contributed by atoms with van der Waals surface area (Å²) < 4.78 is 5.68. The molecule has 7 nitrogen and oxygen atoms in total. The number of likely N-dealkylation sites (tertiary alicyclic amines) is 2. The van der Waals surface area contributed by atoms with Crippen LogP contribution in [0.1, 0.15) is 40.4 Å². The number of hydrogen-bond acceptors (Lipinski definition) is 5. The van der Waals surface area contributed by atoms with Gasteiger partial charge in [0.2, 0.25) is 5.91 Å². The van der Waals surface area contributed by atoms with Crippen LogP contribution in [0.5, 0.6) is 0 Å². The molecule has 0 saturated carbocycles. The first-order chi connectivity index (χ1) is 15.1. The molecule has 4 heterocycles. The van der Waals surface area contributed by atoms with Crippen molar-refractivity contribution in [3.8, 4) is 0 Å². The second-order valence-corrected chi connectivity index (χ2v) is 8.70. The number of carbonyl (C=O) groups excluding carboxylic acids is 2. The number of nitrogens with zero attached hydrogens (tertiary/aromatic N) is 4. The van der Waals surface area contributed by atoms with Crippen LogP contribution in [0.2, 0.25) is 0 Å². The third-order valence-corrected chi connectivity index (χ3v) is 7.05. The highest BCUT2D eigenvalue weighted by atomic mass is 16.5. The fourth-order valence-corrected chi connectivity index (χ4v) is 5.22. The van der Waals surface area contributed by atoms with Crippen molar-refractivity contribution in [3.63, 3.8) is 0 Å². The molecule has 2 aromatic rings. The Kier molecular flexibility index (Phi) is 5.24. The maximum atomic E-state index is 13.1. The first-order valence-corrected chi connectivity index (χ1v) is 10.9. The van der Waals surface area contributed by atoms with Crippen LogP contribution in [0.3, 0.4) is 0 Å². The van der Waals surface area contributed by atoms with E-state index in [2.05, 4.69) is 16.0 Å². The summed E-state index contributed by atoms with van der Waals surface area (Å²) in [4.78, 5) is 35.4. The van der Waals surface area contributed by atoms with Crippen LogP contribution in [0.25, 0.3) is 0 Å². The number of fused-ring (bicyclic) bond motifs is 1. The van der Waals surface area contributed by atoms with E-state index in [0.717, 1.165) is 43.7 Å². The molecule has 2 saturated heterocycles. The van der Waals surface area contributed by atoms with Crippen LogP contribution in [0.4, 0.5) is 5.69 Å². The van der Waals surface area contributed by atoms with Gasteiger partial charge in [0.15, 0.2) is 0 Å². The zero-order chi connectivity index (χ0) is 21.5. The zero-order valence-electron chi connectivity index (χ0n) is 18.0. The van der Waals surface area contributed by atoms with Gasteiger partial charge in [0.25, 0.3) is 5.91 Å². The number of piperidine rings is 1. The predicted molar refractivity (Wildman–Crippen MR) is 117 cm³/mol. The number of aromatic nitrogens is 1. The third kappa shape index (κ3) is 3.51. The Morgan fingerprint density at radius 3 is 2.71 bits per heavy atom. The fourth-order valence-electron chi connectivity index (χ4n) is 5.22. The van der Waals surface area contributed by atoms with E-state index >= 15 is 0 Å². The summed E-state index contributed by atoms with van der Waals surface area (Å²) >= 11 is 0. The van der Waals surface area contributed by atoms with E-state index in [-0.39, 0.29) is 24.0 Å². The fraction of sp³-hybridized carbons (Fsp3) is 0.458. The van der Waals surface area contributed by atoms with Crippen LogP contribution in [0, 0.1) is 0 Å². The lowest BCUT2D eigenvalue weighted by molar-refractivity contribution is -0.117. The van der Waals surface area contributed by atoms with E-state index in [9.17, 15) is 9.59 Å². The first kappa shape index (κ1) is 20.2. The Morgan fingerprint density at radius 2 is 2.00 bits per heavy atom. The van der Waals surface area contributed by atoms with Gasteiger partial charge in [-0.3, -0.25) is 19.5 Å². The number of rotatable bonds is 4. The number of amides is 2. The van der Waals surface area contributed by atoms with Crippen LogP contribution < -0.4 is 4.90 Å². The van der Waals surface area contributed by atoms with Gasteiger partial charge in [-0.15, -0.1) is 0 Å². The molecular formula is C24H28N4O3. The van der Waals surface area contributed by atoms with Crippen LogP contribution in [0.15, 0.2) is 42.7 Å². The van der Waals surface area contributed by atoms with E-state index in [1.807, 2.05) is 35.4 Å². The van der Waals surface area contributed by atoms with Crippen LogP contribution in [-0.4, -0.2) is 72.5 Å². The van der Waals surface area contributed by atoms with Crippen molar-refractivity contribution in [2.75, 3.05) is 38.7 Å². The highest BCUT2D eigenvalue weighted by Gasteiger charge is 2.44. The van der Waals surface area contributed by atoms with Crippen molar-refractivity contribution < 1.29 is 14.3 Å². The Hall–Kier alpha value is -2.77. The Bertz CT molecular complexity index is 988. The minimum atomic E-state index is 0.0606. The smallest absolute Gasteiger partial charge is 0.253 e. The Morgan fingerprint density at radius 1 is 1.19 bits per heavy atom. The SMILES string of the molecule is CO[C@H]1CN(C2CCN(C(=O)c3ccc4c(c3)CC(=O)N4C)CC2)[C@H]1c1cccnc1. The summed E-state index contributed by atoms with van der Waals surface area (Å²) in [6.45, 7) is 2.40. The van der Waals surface area contributed by atoms with Gasteiger partial charge in [-0.2, -0.15) is 0 Å². The second-order valence-electron chi connectivity index (χ2n) is 8.70. The molecule has 2 amide bonds. The molecule has 2 fully saturated rings. The lowest BCUT2D eigenvalue weighted by Gasteiger charge is -2.52. The minimum Gasteiger partial charge on any atom is -0.378 e. The normalized spacial score (nSPS) is 24.3. The van der Waals surface area contributed by atoms with Gasteiger partial charge in [0.1, 0.15) is 0 Å². The van der Waals surface area contributed by atoms with Crippen molar-refractivity contribution in [2.45, 2.75) is 37.5 Å². The highest BCUT2D eigenvalue weighted by Crippen LogP contribution is 2.39. The van der Waals surface area contributed by atoms with Crippen LogP contribution >= 0.6 is 0 Å². The standard InChI is InChI=1S/C24H28N4O3/c1-26-20-6-5-16(12-18(20)13-22(26)29)24(30)27-10-7-19(8-11-27)28-15-21(31-2)23(28)17-4-3-9-25-14-17/h3-6,9,12,14,19,21,23H,7-8,10-11,13,15H2,1-2H3/t21-,23-/m0/s1. The molecule has 0 spiro atoms. The summed E-state index contributed by atoms with van der Waals surface area (Å²) in [6, 6.07) is 10.4. The molecule has 1 aromatic heterocycles. The monoisotopic (exact) mass is 420 g/mol. The van der Waals surface area contributed by atoms with E-state index in [4.69, 9.17) is 4.74 Å². The summed E-state index contributed by atoms with van der Waals surface area (Å²) in [5.74, 6) is 0.137. The molecular weight excluding hydrogens is 392 g/mol. The van der Waals surface area contributed by atoms with Crippen molar-refractivity contribution in [3.05, 3.63) is 59.4 Å². The molecule has 162 valence electrons. The summed E-state index contributed by atoms with van der Waals surface area (Å²) in [5, 5.41) is 0. The molecule has 7 heteroatoms.